The van der Waals surface area contributed by atoms with Crippen LogP contribution in [0.2, 0.25) is 0 Å². The summed E-state index contributed by atoms with van der Waals surface area (Å²) in [4.78, 5) is 12.7. The molecule has 1 atom stereocenters. The number of H-pyrrole nitrogens is 1. The van der Waals surface area contributed by atoms with Crippen LogP contribution in [-0.4, -0.2) is 29.3 Å². The highest BCUT2D eigenvalue weighted by Gasteiger charge is 2.26. The zero-order chi connectivity index (χ0) is 18.6. The Morgan fingerprint density at radius 1 is 1.26 bits per heavy atom. The van der Waals surface area contributed by atoms with E-state index < -0.39 is 0 Å². The molecule has 1 aliphatic rings. The Kier molecular flexibility index (Phi) is 4.78. The van der Waals surface area contributed by atoms with Gasteiger partial charge in [-0.15, -0.1) is 0 Å². The van der Waals surface area contributed by atoms with Crippen LogP contribution in [0.5, 0.6) is 11.5 Å². The topological polar surface area (TPSA) is 76.2 Å². The number of nitrogens with one attached hydrogen (secondary N) is 2. The van der Waals surface area contributed by atoms with Crippen molar-refractivity contribution in [1.29, 1.82) is 0 Å². The molecule has 27 heavy (non-hydrogen) atoms. The number of aromatic amines is 1. The van der Waals surface area contributed by atoms with E-state index >= 15 is 0 Å². The van der Waals surface area contributed by atoms with Crippen molar-refractivity contribution in [1.82, 2.24) is 10.2 Å². The van der Waals surface area contributed by atoms with Gasteiger partial charge in [-0.3, -0.25) is 9.89 Å². The summed E-state index contributed by atoms with van der Waals surface area (Å²) in [5.41, 5.74) is 3.82. The quantitative estimate of drug-likeness (QED) is 0.725. The van der Waals surface area contributed by atoms with Crippen LogP contribution in [0.3, 0.4) is 0 Å². The van der Waals surface area contributed by atoms with Gasteiger partial charge >= 0.3 is 0 Å². The number of amides is 1. The molecule has 1 aromatic heterocycles. The van der Waals surface area contributed by atoms with E-state index in [1.54, 1.807) is 6.20 Å². The smallest absolute Gasteiger partial charge is 0.231 e. The van der Waals surface area contributed by atoms with Gasteiger partial charge in [0, 0.05) is 17.4 Å². The van der Waals surface area contributed by atoms with Crippen molar-refractivity contribution in [2.24, 2.45) is 5.92 Å². The summed E-state index contributed by atoms with van der Waals surface area (Å²) in [6, 6.07) is 13.5. The predicted molar refractivity (Wildman–Crippen MR) is 103 cm³/mol. The Labute approximate surface area is 157 Å². The second kappa shape index (κ2) is 7.53. The summed E-state index contributed by atoms with van der Waals surface area (Å²) in [5, 5.41) is 9.73. The van der Waals surface area contributed by atoms with Gasteiger partial charge in [-0.1, -0.05) is 12.1 Å². The molecule has 0 aliphatic carbocycles. The van der Waals surface area contributed by atoms with E-state index in [1.807, 2.05) is 55.6 Å². The minimum atomic E-state index is -0.233. The lowest BCUT2D eigenvalue weighted by atomic mass is 9.95. The first kappa shape index (κ1) is 17.1. The highest BCUT2D eigenvalue weighted by Crippen LogP contribution is 2.31. The second-order valence-electron chi connectivity index (χ2n) is 6.47. The molecule has 6 nitrogen and oxygen atoms in total. The standard InChI is InChI=1S/C21H21N3O3/c1-2-26-19-7-8-20-15(10-19)9-16(13-27-20)21(25)24-18-5-3-14(4-6-18)17-11-22-23-12-17/h3-8,10-12,16H,2,9,13H2,1H3,(H,22,23)(H,24,25). The Morgan fingerprint density at radius 3 is 2.85 bits per heavy atom. The minimum absolute atomic E-state index is 0.0430. The summed E-state index contributed by atoms with van der Waals surface area (Å²) in [7, 11) is 0. The van der Waals surface area contributed by atoms with Crippen LogP contribution in [-0.2, 0) is 11.2 Å². The number of ether oxygens (including phenoxy) is 2. The van der Waals surface area contributed by atoms with Crippen molar-refractivity contribution >= 4 is 11.6 Å². The summed E-state index contributed by atoms with van der Waals surface area (Å²) in [6.07, 6.45) is 4.23. The molecule has 6 heteroatoms. The van der Waals surface area contributed by atoms with Crippen LogP contribution in [0, 0.1) is 5.92 Å². The second-order valence-corrected chi connectivity index (χ2v) is 6.47. The number of carbonyl (C=O) groups is 1. The van der Waals surface area contributed by atoms with Gasteiger partial charge in [0.2, 0.25) is 5.91 Å². The monoisotopic (exact) mass is 363 g/mol. The number of anilines is 1. The largest absolute Gasteiger partial charge is 0.494 e. The normalized spacial score (nSPS) is 15.5. The molecule has 0 radical (unpaired) electrons. The first-order chi connectivity index (χ1) is 13.2. The number of nitrogens with zero attached hydrogens (tertiary/aromatic N) is 1. The zero-order valence-electron chi connectivity index (χ0n) is 15.1. The Balaban J connectivity index is 1.42. The maximum absolute atomic E-state index is 12.7. The lowest BCUT2D eigenvalue weighted by molar-refractivity contribution is -0.121. The molecule has 138 valence electrons. The van der Waals surface area contributed by atoms with Gasteiger partial charge in [-0.25, -0.2) is 0 Å². The summed E-state index contributed by atoms with van der Waals surface area (Å²) in [5.74, 6) is 1.35. The van der Waals surface area contributed by atoms with Gasteiger partial charge in [0.05, 0.1) is 18.7 Å². The maximum atomic E-state index is 12.7. The number of benzene rings is 2. The molecule has 1 aliphatic heterocycles. The molecule has 0 spiro atoms. The van der Waals surface area contributed by atoms with Gasteiger partial charge in [0.25, 0.3) is 0 Å². The van der Waals surface area contributed by atoms with E-state index in [-0.39, 0.29) is 11.8 Å². The average molecular weight is 363 g/mol. The molecule has 0 fully saturated rings. The first-order valence-electron chi connectivity index (χ1n) is 9.01. The average Bonchev–Trinajstić information content (AvgIpc) is 3.23. The molecular weight excluding hydrogens is 342 g/mol. The fraction of sp³-hybridized carbons (Fsp3) is 0.238. The molecule has 0 saturated heterocycles. The number of fused-ring (bicyclic) bond motifs is 1. The molecule has 4 rings (SSSR count). The number of aromatic nitrogens is 2. The number of hydrogen-bond acceptors (Lipinski definition) is 4. The van der Waals surface area contributed by atoms with Gasteiger partial charge < -0.3 is 14.8 Å². The van der Waals surface area contributed by atoms with Crippen LogP contribution in [0.4, 0.5) is 5.69 Å². The molecule has 1 amide bonds. The van der Waals surface area contributed by atoms with Crippen molar-refractivity contribution in [3.05, 3.63) is 60.4 Å². The summed E-state index contributed by atoms with van der Waals surface area (Å²) < 4.78 is 11.3. The fourth-order valence-electron chi connectivity index (χ4n) is 3.19. The molecule has 1 unspecified atom stereocenters. The van der Waals surface area contributed by atoms with Gasteiger partial charge in [0.1, 0.15) is 18.1 Å². The third kappa shape index (κ3) is 3.79. The summed E-state index contributed by atoms with van der Waals surface area (Å²) in [6.45, 7) is 2.93. The lowest BCUT2D eigenvalue weighted by Gasteiger charge is -2.25. The van der Waals surface area contributed by atoms with E-state index in [4.69, 9.17) is 9.47 Å². The number of carbonyl (C=O) groups excluding carboxylic acids is 1. The Morgan fingerprint density at radius 2 is 2.11 bits per heavy atom. The highest BCUT2D eigenvalue weighted by molar-refractivity contribution is 5.93. The van der Waals surface area contributed by atoms with Crippen LogP contribution in [0.25, 0.3) is 11.1 Å². The van der Waals surface area contributed by atoms with Crippen LogP contribution in [0.1, 0.15) is 12.5 Å². The van der Waals surface area contributed by atoms with E-state index in [0.717, 1.165) is 33.9 Å². The number of hydrogen-bond donors (Lipinski definition) is 2. The first-order valence-corrected chi connectivity index (χ1v) is 9.01. The van der Waals surface area contributed by atoms with Crippen molar-refractivity contribution in [3.63, 3.8) is 0 Å². The molecule has 3 aromatic rings. The zero-order valence-corrected chi connectivity index (χ0v) is 15.1. The molecule has 2 heterocycles. The van der Waals surface area contributed by atoms with E-state index in [2.05, 4.69) is 15.5 Å². The van der Waals surface area contributed by atoms with Crippen molar-refractivity contribution in [3.8, 4) is 22.6 Å². The molecule has 2 N–H and O–H groups in total. The molecule has 0 saturated carbocycles. The predicted octanol–water partition coefficient (Wildman–Crippen LogP) is 3.67. The van der Waals surface area contributed by atoms with Crippen molar-refractivity contribution in [2.75, 3.05) is 18.5 Å². The van der Waals surface area contributed by atoms with Gasteiger partial charge in [-0.2, -0.15) is 5.10 Å². The van der Waals surface area contributed by atoms with Crippen molar-refractivity contribution < 1.29 is 14.3 Å². The SMILES string of the molecule is CCOc1ccc2c(c1)CC(C(=O)Nc1ccc(-c3cn[nH]c3)cc1)CO2. The van der Waals surface area contributed by atoms with E-state index in [0.29, 0.717) is 19.6 Å². The minimum Gasteiger partial charge on any atom is -0.494 e. The van der Waals surface area contributed by atoms with E-state index in [1.165, 1.54) is 0 Å². The van der Waals surface area contributed by atoms with E-state index in [9.17, 15) is 4.79 Å². The number of rotatable bonds is 5. The van der Waals surface area contributed by atoms with Crippen LogP contribution in [0.15, 0.2) is 54.9 Å². The third-order valence-corrected chi connectivity index (χ3v) is 4.60. The highest BCUT2D eigenvalue weighted by atomic mass is 16.5. The van der Waals surface area contributed by atoms with Gasteiger partial charge in [0.15, 0.2) is 0 Å². The molecule has 0 bridgehead atoms. The lowest BCUT2D eigenvalue weighted by Crippen LogP contribution is -2.32. The Hall–Kier alpha value is -3.28. The van der Waals surface area contributed by atoms with Gasteiger partial charge in [-0.05, 0) is 54.8 Å². The van der Waals surface area contributed by atoms with Crippen molar-refractivity contribution in [2.45, 2.75) is 13.3 Å². The fourth-order valence-corrected chi connectivity index (χ4v) is 3.19. The molecule has 2 aromatic carbocycles. The summed E-state index contributed by atoms with van der Waals surface area (Å²) >= 11 is 0. The molecular formula is C21H21N3O3. The maximum Gasteiger partial charge on any atom is 0.231 e. The van der Waals surface area contributed by atoms with Crippen LogP contribution < -0.4 is 14.8 Å². The Bertz CT molecular complexity index is 920. The van der Waals surface area contributed by atoms with Crippen LogP contribution >= 0.6 is 0 Å². The third-order valence-electron chi connectivity index (χ3n) is 4.60.